The lowest BCUT2D eigenvalue weighted by atomic mass is 9.94. The maximum absolute atomic E-state index is 12.0. The molecule has 0 heterocycles. The van der Waals surface area contributed by atoms with Crippen LogP contribution in [0.2, 0.25) is 0 Å². The molecule has 0 aliphatic rings. The number of hydrogen-bond acceptors (Lipinski definition) is 6. The van der Waals surface area contributed by atoms with Gasteiger partial charge in [-0.2, -0.15) is 0 Å². The van der Waals surface area contributed by atoms with E-state index >= 15 is 0 Å². The van der Waals surface area contributed by atoms with Gasteiger partial charge in [0.25, 0.3) is 0 Å². The van der Waals surface area contributed by atoms with Crippen LogP contribution in [-0.2, 0) is 28.7 Å². The minimum atomic E-state index is -1.33. The van der Waals surface area contributed by atoms with E-state index in [0.29, 0.717) is 0 Å². The van der Waals surface area contributed by atoms with E-state index in [1.165, 1.54) is 0 Å². The SMILES string of the molecule is CCOC(=O)C[C@@H](C(=O)OCC)[C@H](NC(=O)C(C)C)C(N)=O. The molecule has 0 aromatic carbocycles. The quantitative estimate of drug-likeness (QED) is 0.565. The van der Waals surface area contributed by atoms with Crippen LogP contribution in [0, 0.1) is 11.8 Å². The van der Waals surface area contributed by atoms with Crippen LogP contribution in [-0.4, -0.2) is 43.0 Å². The molecular weight excluding hydrogens is 292 g/mol. The van der Waals surface area contributed by atoms with Crippen LogP contribution in [0.1, 0.15) is 34.1 Å². The van der Waals surface area contributed by atoms with Crippen LogP contribution >= 0.6 is 0 Å². The Morgan fingerprint density at radius 3 is 2.00 bits per heavy atom. The number of rotatable bonds is 9. The molecule has 0 aromatic heterocycles. The predicted octanol–water partition coefficient (Wildman–Crippen LogP) is -0.255. The molecule has 0 fully saturated rings. The van der Waals surface area contributed by atoms with Crippen LogP contribution in [0.25, 0.3) is 0 Å². The normalized spacial score (nSPS) is 13.1. The molecular formula is C14H24N2O6. The molecule has 0 unspecified atom stereocenters. The van der Waals surface area contributed by atoms with Gasteiger partial charge in [0.2, 0.25) is 11.8 Å². The lowest BCUT2D eigenvalue weighted by Crippen LogP contribution is -2.53. The Morgan fingerprint density at radius 1 is 1.05 bits per heavy atom. The van der Waals surface area contributed by atoms with Crippen molar-refractivity contribution in [1.82, 2.24) is 5.32 Å². The van der Waals surface area contributed by atoms with Crippen molar-refractivity contribution in [3.8, 4) is 0 Å². The highest BCUT2D eigenvalue weighted by atomic mass is 16.5. The van der Waals surface area contributed by atoms with Gasteiger partial charge >= 0.3 is 11.9 Å². The van der Waals surface area contributed by atoms with Crippen LogP contribution in [0.3, 0.4) is 0 Å². The summed E-state index contributed by atoms with van der Waals surface area (Å²) >= 11 is 0. The number of esters is 2. The van der Waals surface area contributed by atoms with Crippen LogP contribution in [0.15, 0.2) is 0 Å². The van der Waals surface area contributed by atoms with Crippen molar-refractivity contribution in [3.05, 3.63) is 0 Å². The third kappa shape index (κ3) is 6.55. The summed E-state index contributed by atoms with van der Waals surface area (Å²) in [6.07, 6.45) is -0.404. The van der Waals surface area contributed by atoms with Gasteiger partial charge in [-0.1, -0.05) is 13.8 Å². The first-order chi connectivity index (χ1) is 10.2. The first-order valence-corrected chi connectivity index (χ1v) is 7.16. The van der Waals surface area contributed by atoms with E-state index in [4.69, 9.17) is 15.2 Å². The van der Waals surface area contributed by atoms with Gasteiger partial charge in [-0.3, -0.25) is 19.2 Å². The molecule has 8 heteroatoms. The summed E-state index contributed by atoms with van der Waals surface area (Å²) in [4.78, 5) is 47.0. The Kier molecular flexibility index (Phi) is 8.81. The predicted molar refractivity (Wildman–Crippen MR) is 77.3 cm³/mol. The van der Waals surface area contributed by atoms with Crippen LogP contribution in [0.5, 0.6) is 0 Å². The fourth-order valence-electron chi connectivity index (χ4n) is 1.68. The van der Waals surface area contributed by atoms with Gasteiger partial charge in [0.15, 0.2) is 0 Å². The summed E-state index contributed by atoms with van der Waals surface area (Å²) in [5.41, 5.74) is 5.26. The molecule has 0 aromatic rings. The second-order valence-electron chi connectivity index (χ2n) is 4.91. The van der Waals surface area contributed by atoms with E-state index in [0.717, 1.165) is 0 Å². The van der Waals surface area contributed by atoms with E-state index in [2.05, 4.69) is 5.32 Å². The first-order valence-electron chi connectivity index (χ1n) is 7.16. The number of nitrogens with one attached hydrogen (secondary N) is 1. The average molecular weight is 316 g/mol. The molecule has 126 valence electrons. The highest BCUT2D eigenvalue weighted by Crippen LogP contribution is 2.14. The molecule has 2 amide bonds. The summed E-state index contributed by atoms with van der Waals surface area (Å²) in [6.45, 7) is 6.65. The van der Waals surface area contributed by atoms with Gasteiger partial charge in [-0.15, -0.1) is 0 Å². The number of carbonyl (C=O) groups excluding carboxylic acids is 4. The third-order valence-electron chi connectivity index (χ3n) is 2.81. The van der Waals surface area contributed by atoms with E-state index in [-0.39, 0.29) is 13.2 Å². The van der Waals surface area contributed by atoms with E-state index < -0.39 is 48.1 Å². The van der Waals surface area contributed by atoms with Crippen LogP contribution in [0.4, 0.5) is 0 Å². The molecule has 0 spiro atoms. The third-order valence-corrected chi connectivity index (χ3v) is 2.81. The van der Waals surface area contributed by atoms with E-state index in [1.807, 2.05) is 0 Å². The molecule has 3 N–H and O–H groups in total. The van der Waals surface area contributed by atoms with Crippen molar-refractivity contribution in [2.24, 2.45) is 17.6 Å². The van der Waals surface area contributed by atoms with Gasteiger partial charge in [-0.05, 0) is 13.8 Å². The monoisotopic (exact) mass is 316 g/mol. The zero-order valence-electron chi connectivity index (χ0n) is 13.4. The summed E-state index contributed by atoms with van der Waals surface area (Å²) < 4.78 is 9.62. The Morgan fingerprint density at radius 2 is 1.59 bits per heavy atom. The summed E-state index contributed by atoms with van der Waals surface area (Å²) in [7, 11) is 0. The summed E-state index contributed by atoms with van der Waals surface area (Å²) in [5.74, 6) is -4.47. The van der Waals surface area contributed by atoms with Crippen molar-refractivity contribution >= 4 is 23.8 Å². The molecule has 0 radical (unpaired) electrons. The van der Waals surface area contributed by atoms with Gasteiger partial charge < -0.3 is 20.5 Å². The Hall–Kier alpha value is -2.12. The first kappa shape index (κ1) is 19.9. The molecule has 0 bridgehead atoms. The fourth-order valence-corrected chi connectivity index (χ4v) is 1.68. The summed E-state index contributed by atoms with van der Waals surface area (Å²) in [5, 5.41) is 2.38. The van der Waals surface area contributed by atoms with Crippen LogP contribution < -0.4 is 11.1 Å². The average Bonchev–Trinajstić information content (AvgIpc) is 2.42. The van der Waals surface area contributed by atoms with Crippen molar-refractivity contribution in [2.75, 3.05) is 13.2 Å². The molecule has 22 heavy (non-hydrogen) atoms. The lowest BCUT2D eigenvalue weighted by molar-refractivity contribution is -0.157. The number of ether oxygens (including phenoxy) is 2. The van der Waals surface area contributed by atoms with Gasteiger partial charge in [-0.25, -0.2) is 0 Å². The lowest BCUT2D eigenvalue weighted by Gasteiger charge is -2.24. The van der Waals surface area contributed by atoms with Crippen molar-refractivity contribution < 1.29 is 28.7 Å². The van der Waals surface area contributed by atoms with Gasteiger partial charge in [0.1, 0.15) is 6.04 Å². The van der Waals surface area contributed by atoms with Gasteiger partial charge in [0.05, 0.1) is 25.6 Å². The van der Waals surface area contributed by atoms with E-state index in [9.17, 15) is 19.2 Å². The maximum atomic E-state index is 12.0. The van der Waals surface area contributed by atoms with Crippen molar-refractivity contribution in [2.45, 2.75) is 40.2 Å². The molecule has 2 atom stereocenters. The second-order valence-corrected chi connectivity index (χ2v) is 4.91. The summed E-state index contributed by atoms with van der Waals surface area (Å²) in [6, 6.07) is -1.33. The van der Waals surface area contributed by atoms with E-state index in [1.54, 1.807) is 27.7 Å². The smallest absolute Gasteiger partial charge is 0.312 e. The van der Waals surface area contributed by atoms with Gasteiger partial charge in [0, 0.05) is 5.92 Å². The Labute approximate surface area is 129 Å². The number of amides is 2. The zero-order valence-corrected chi connectivity index (χ0v) is 13.4. The topological polar surface area (TPSA) is 125 Å². The number of nitrogens with two attached hydrogens (primary N) is 1. The standard InChI is InChI=1S/C14H24N2O6/c1-5-21-10(17)7-9(14(20)22-6-2)11(12(15)18)16-13(19)8(3)4/h8-9,11H,5-7H2,1-4H3,(H2,15,18)(H,16,19)/t9-,11+/m1/s1. The molecule has 0 aliphatic carbocycles. The molecule has 0 aliphatic heterocycles. The maximum Gasteiger partial charge on any atom is 0.312 e. The van der Waals surface area contributed by atoms with Crippen molar-refractivity contribution in [1.29, 1.82) is 0 Å². The number of primary amides is 1. The second kappa shape index (κ2) is 9.75. The molecule has 0 saturated carbocycles. The van der Waals surface area contributed by atoms with Crippen molar-refractivity contribution in [3.63, 3.8) is 0 Å². The minimum Gasteiger partial charge on any atom is -0.466 e. The highest BCUT2D eigenvalue weighted by molar-refractivity contribution is 5.93. The number of hydrogen-bond donors (Lipinski definition) is 2. The Bertz CT molecular complexity index is 422. The highest BCUT2D eigenvalue weighted by Gasteiger charge is 2.37. The molecule has 0 rings (SSSR count). The molecule has 8 nitrogen and oxygen atoms in total. The molecule has 0 saturated heterocycles. The Balaban J connectivity index is 5.27. The zero-order chi connectivity index (χ0) is 17.3. The fraction of sp³-hybridized carbons (Fsp3) is 0.714. The minimum absolute atomic E-state index is 0.0712. The number of carbonyl (C=O) groups is 4. The largest absolute Gasteiger partial charge is 0.466 e.